The molecule has 0 atom stereocenters. The molecule has 1 aromatic carbocycles. The highest BCUT2D eigenvalue weighted by molar-refractivity contribution is 5.91. The van der Waals surface area contributed by atoms with Crippen LogP contribution in [0, 0.1) is 5.82 Å². The van der Waals surface area contributed by atoms with Gasteiger partial charge >= 0.3 is 0 Å². The third-order valence-electron chi connectivity index (χ3n) is 2.73. The Morgan fingerprint density at radius 3 is 2.86 bits per heavy atom. The lowest BCUT2D eigenvalue weighted by molar-refractivity contribution is 0.0918. The van der Waals surface area contributed by atoms with Crippen molar-refractivity contribution >= 4 is 5.91 Å². The van der Waals surface area contributed by atoms with Crippen molar-refractivity contribution in [1.29, 1.82) is 0 Å². The Morgan fingerprint density at radius 2 is 2.10 bits per heavy atom. The Kier molecular flexibility index (Phi) is 3.46. The molecule has 6 nitrogen and oxygen atoms in total. The molecule has 0 bridgehead atoms. The van der Waals surface area contributed by atoms with Crippen molar-refractivity contribution < 1.29 is 18.1 Å². The SMILES string of the molecule is O=C(NCc1nc(-c2ccccc2F)no1)c1ccco1. The summed E-state index contributed by atoms with van der Waals surface area (Å²) in [6.07, 6.45) is 1.40. The first-order valence-electron chi connectivity index (χ1n) is 6.13. The van der Waals surface area contributed by atoms with E-state index in [2.05, 4.69) is 15.5 Å². The van der Waals surface area contributed by atoms with Crippen molar-refractivity contribution in [2.24, 2.45) is 0 Å². The van der Waals surface area contributed by atoms with E-state index in [0.29, 0.717) is 0 Å². The van der Waals surface area contributed by atoms with Gasteiger partial charge in [0, 0.05) is 0 Å². The molecule has 0 fully saturated rings. The topological polar surface area (TPSA) is 81.2 Å². The Bertz CT molecular complexity index is 752. The van der Waals surface area contributed by atoms with Gasteiger partial charge in [0.15, 0.2) is 5.76 Å². The van der Waals surface area contributed by atoms with Crippen LogP contribution in [0.25, 0.3) is 11.4 Å². The molecule has 2 heterocycles. The molecule has 106 valence electrons. The van der Waals surface area contributed by atoms with Gasteiger partial charge in [-0.1, -0.05) is 17.3 Å². The molecule has 2 aromatic heterocycles. The summed E-state index contributed by atoms with van der Waals surface area (Å²) >= 11 is 0. The van der Waals surface area contributed by atoms with Gasteiger partial charge in [0.1, 0.15) is 5.82 Å². The van der Waals surface area contributed by atoms with Crippen LogP contribution in [0.4, 0.5) is 4.39 Å². The lowest BCUT2D eigenvalue weighted by Gasteiger charge is -1.98. The minimum Gasteiger partial charge on any atom is -0.459 e. The molecule has 0 aliphatic carbocycles. The molecule has 3 aromatic rings. The normalized spacial score (nSPS) is 10.5. The number of benzene rings is 1. The van der Waals surface area contributed by atoms with Gasteiger partial charge in [-0.15, -0.1) is 0 Å². The van der Waals surface area contributed by atoms with Crippen LogP contribution in [0.3, 0.4) is 0 Å². The standard InChI is InChI=1S/C14H10FN3O3/c15-10-5-2-1-4-9(10)13-17-12(21-18-13)8-16-14(19)11-6-3-7-20-11/h1-7H,8H2,(H,16,19). The quantitative estimate of drug-likeness (QED) is 0.796. The average Bonchev–Trinajstić information content (AvgIpc) is 3.17. The van der Waals surface area contributed by atoms with Gasteiger partial charge < -0.3 is 14.3 Å². The highest BCUT2D eigenvalue weighted by Gasteiger charge is 2.14. The maximum Gasteiger partial charge on any atom is 0.287 e. The number of carbonyl (C=O) groups excluding carboxylic acids is 1. The average molecular weight is 287 g/mol. The summed E-state index contributed by atoms with van der Waals surface area (Å²) in [5, 5.41) is 6.25. The Balaban J connectivity index is 1.69. The van der Waals surface area contributed by atoms with Crippen molar-refractivity contribution in [3.8, 4) is 11.4 Å². The number of carbonyl (C=O) groups is 1. The van der Waals surface area contributed by atoms with Gasteiger partial charge in [-0.05, 0) is 24.3 Å². The summed E-state index contributed by atoms with van der Waals surface area (Å²) in [6.45, 7) is 0.0288. The van der Waals surface area contributed by atoms with Crippen LogP contribution < -0.4 is 5.32 Å². The molecule has 3 rings (SSSR count). The molecule has 1 N–H and O–H groups in total. The molecule has 1 amide bonds. The number of hydrogen-bond acceptors (Lipinski definition) is 5. The van der Waals surface area contributed by atoms with E-state index < -0.39 is 11.7 Å². The first-order valence-corrected chi connectivity index (χ1v) is 6.13. The Hall–Kier alpha value is -2.96. The van der Waals surface area contributed by atoms with Crippen LogP contribution in [0.1, 0.15) is 16.4 Å². The zero-order chi connectivity index (χ0) is 14.7. The van der Waals surface area contributed by atoms with Crippen LogP contribution >= 0.6 is 0 Å². The summed E-state index contributed by atoms with van der Waals surface area (Å²) in [4.78, 5) is 15.7. The summed E-state index contributed by atoms with van der Waals surface area (Å²) < 4.78 is 23.5. The van der Waals surface area contributed by atoms with Crippen LogP contribution in [-0.2, 0) is 6.54 Å². The van der Waals surface area contributed by atoms with Gasteiger partial charge in [0.05, 0.1) is 18.4 Å². The van der Waals surface area contributed by atoms with E-state index in [-0.39, 0.29) is 29.6 Å². The maximum absolute atomic E-state index is 13.6. The summed E-state index contributed by atoms with van der Waals surface area (Å²) in [5.74, 6) is -0.345. The van der Waals surface area contributed by atoms with Gasteiger partial charge in [0.2, 0.25) is 11.7 Å². The number of nitrogens with one attached hydrogen (secondary N) is 1. The molecular weight excluding hydrogens is 277 g/mol. The smallest absolute Gasteiger partial charge is 0.287 e. The number of aromatic nitrogens is 2. The van der Waals surface area contributed by atoms with Gasteiger partial charge in [-0.3, -0.25) is 4.79 Å². The number of nitrogens with zero attached hydrogens (tertiary/aromatic N) is 2. The first kappa shape index (κ1) is 13.0. The molecule has 0 saturated heterocycles. The predicted molar refractivity (Wildman–Crippen MR) is 69.6 cm³/mol. The molecule has 0 aliphatic rings. The zero-order valence-corrected chi connectivity index (χ0v) is 10.7. The van der Waals surface area contributed by atoms with Crippen LogP contribution in [0.5, 0.6) is 0 Å². The zero-order valence-electron chi connectivity index (χ0n) is 10.7. The van der Waals surface area contributed by atoms with Crippen molar-refractivity contribution in [2.45, 2.75) is 6.54 Å². The van der Waals surface area contributed by atoms with Gasteiger partial charge in [-0.25, -0.2) is 4.39 Å². The van der Waals surface area contributed by atoms with Crippen molar-refractivity contribution in [3.63, 3.8) is 0 Å². The van der Waals surface area contributed by atoms with Gasteiger partial charge in [-0.2, -0.15) is 4.98 Å². The van der Waals surface area contributed by atoms with Crippen LogP contribution in [0.2, 0.25) is 0 Å². The molecule has 0 unspecified atom stereocenters. The number of halogens is 1. The predicted octanol–water partition coefficient (Wildman–Crippen LogP) is 2.40. The third-order valence-corrected chi connectivity index (χ3v) is 2.73. The fraction of sp³-hybridized carbons (Fsp3) is 0.0714. The van der Waals surface area contributed by atoms with E-state index in [1.54, 1.807) is 24.3 Å². The minimum atomic E-state index is -0.440. The van der Waals surface area contributed by atoms with E-state index >= 15 is 0 Å². The highest BCUT2D eigenvalue weighted by Crippen LogP contribution is 2.19. The van der Waals surface area contributed by atoms with E-state index in [4.69, 9.17) is 8.94 Å². The molecule has 0 aliphatic heterocycles. The van der Waals surface area contributed by atoms with Crippen LogP contribution in [0.15, 0.2) is 51.6 Å². The number of furan rings is 1. The van der Waals surface area contributed by atoms with Crippen molar-refractivity contribution in [2.75, 3.05) is 0 Å². The largest absolute Gasteiger partial charge is 0.459 e. The highest BCUT2D eigenvalue weighted by atomic mass is 19.1. The molecule has 21 heavy (non-hydrogen) atoms. The van der Waals surface area contributed by atoms with Gasteiger partial charge in [0.25, 0.3) is 5.91 Å². The lowest BCUT2D eigenvalue weighted by Crippen LogP contribution is -2.22. The maximum atomic E-state index is 13.6. The molecule has 0 radical (unpaired) electrons. The van der Waals surface area contributed by atoms with E-state index in [0.717, 1.165) is 0 Å². The minimum absolute atomic E-state index is 0.0288. The number of hydrogen-bond donors (Lipinski definition) is 1. The van der Waals surface area contributed by atoms with E-state index in [1.165, 1.54) is 18.4 Å². The second-order valence-electron chi connectivity index (χ2n) is 4.15. The monoisotopic (exact) mass is 287 g/mol. The van der Waals surface area contributed by atoms with E-state index in [1.807, 2.05) is 0 Å². The number of amides is 1. The molecule has 7 heteroatoms. The fourth-order valence-electron chi connectivity index (χ4n) is 1.73. The number of rotatable bonds is 4. The van der Waals surface area contributed by atoms with Crippen molar-refractivity contribution in [3.05, 3.63) is 60.1 Å². The first-order chi connectivity index (χ1) is 10.2. The lowest BCUT2D eigenvalue weighted by atomic mass is 10.2. The summed E-state index contributed by atoms with van der Waals surface area (Å²) in [6, 6.07) is 9.25. The van der Waals surface area contributed by atoms with E-state index in [9.17, 15) is 9.18 Å². The molecule has 0 saturated carbocycles. The molecular formula is C14H10FN3O3. The van der Waals surface area contributed by atoms with Crippen LogP contribution in [-0.4, -0.2) is 16.0 Å². The second kappa shape index (κ2) is 5.58. The third kappa shape index (κ3) is 2.81. The molecule has 0 spiro atoms. The summed E-state index contributed by atoms with van der Waals surface area (Å²) in [7, 11) is 0. The Labute approximate surface area is 118 Å². The Morgan fingerprint density at radius 1 is 1.24 bits per heavy atom. The van der Waals surface area contributed by atoms with Crippen molar-refractivity contribution in [1.82, 2.24) is 15.5 Å². The second-order valence-corrected chi connectivity index (χ2v) is 4.15. The fourth-order valence-corrected chi connectivity index (χ4v) is 1.73. The summed E-state index contributed by atoms with van der Waals surface area (Å²) in [5.41, 5.74) is 0.241.